The van der Waals surface area contributed by atoms with Gasteiger partial charge in [0.15, 0.2) is 0 Å². The smallest absolute Gasteiger partial charge is 0.0487 e. The monoisotopic (exact) mass is 384 g/mol. The molecule has 0 fully saturated rings. The van der Waals surface area contributed by atoms with Crippen LogP contribution in [0.2, 0.25) is 0 Å². The number of para-hydroxylation sites is 1. The van der Waals surface area contributed by atoms with E-state index < -0.39 is 0 Å². The zero-order valence-electron chi connectivity index (χ0n) is 13.2. The Hall–Kier alpha value is -2.05. The van der Waals surface area contributed by atoms with Crippen LogP contribution in [0.3, 0.4) is 0 Å². The summed E-state index contributed by atoms with van der Waals surface area (Å²) < 4.78 is 0. The molecule has 1 aliphatic heterocycles. The van der Waals surface area contributed by atoms with Gasteiger partial charge in [0.2, 0.25) is 0 Å². The minimum absolute atomic E-state index is 0. The number of hydrogen-bond acceptors (Lipinski definition) is 1. The first kappa shape index (κ1) is 15.5. The zero-order valence-corrected chi connectivity index (χ0v) is 15.7. The van der Waals surface area contributed by atoms with Crippen LogP contribution >= 0.6 is 0 Å². The van der Waals surface area contributed by atoms with E-state index in [-0.39, 0.29) is 26.2 Å². The quantitative estimate of drug-likeness (QED) is 0.370. The summed E-state index contributed by atoms with van der Waals surface area (Å²) in [5.41, 5.74) is 6.64. The first-order chi connectivity index (χ1) is 11.4. The number of anilines is 2. The summed E-state index contributed by atoms with van der Waals surface area (Å²) in [6.45, 7) is 0.914. The third kappa shape index (κ3) is 2.29. The molecule has 24 heavy (non-hydrogen) atoms. The molecule has 0 aliphatic carbocycles. The SMILES string of the molecule is [Zr].c1ccc2c(c1)CN(c1cccc3[cH-]ccc13)c1ccccc1-2. The molecule has 4 aromatic rings. The van der Waals surface area contributed by atoms with Crippen molar-refractivity contribution in [1.29, 1.82) is 0 Å². The van der Waals surface area contributed by atoms with Crippen LogP contribution in [0, 0.1) is 0 Å². The summed E-state index contributed by atoms with van der Waals surface area (Å²) in [4.78, 5) is 2.44. The van der Waals surface area contributed by atoms with Gasteiger partial charge in [-0.15, -0.1) is 29.0 Å². The molecule has 1 aliphatic rings. The molecule has 2 heteroatoms. The molecular weight excluding hydrogens is 369 g/mol. The van der Waals surface area contributed by atoms with E-state index in [1.165, 1.54) is 38.8 Å². The van der Waals surface area contributed by atoms with Crippen LogP contribution in [-0.2, 0) is 32.7 Å². The van der Waals surface area contributed by atoms with Crippen LogP contribution in [-0.4, -0.2) is 0 Å². The molecule has 114 valence electrons. The number of fused-ring (bicyclic) bond motifs is 4. The van der Waals surface area contributed by atoms with Crippen LogP contribution in [0.25, 0.3) is 21.9 Å². The van der Waals surface area contributed by atoms with Gasteiger partial charge >= 0.3 is 0 Å². The van der Waals surface area contributed by atoms with E-state index in [1.807, 2.05) is 0 Å². The molecule has 1 heterocycles. The topological polar surface area (TPSA) is 3.24 Å². The van der Waals surface area contributed by atoms with Gasteiger partial charge in [-0.25, -0.2) is 0 Å². The second-order valence-electron chi connectivity index (χ2n) is 6.07. The van der Waals surface area contributed by atoms with E-state index in [9.17, 15) is 0 Å². The number of rotatable bonds is 1. The molecule has 0 spiro atoms. The fourth-order valence-electron chi connectivity index (χ4n) is 3.71. The average Bonchev–Trinajstić information content (AvgIpc) is 3.10. The third-order valence-electron chi connectivity index (χ3n) is 4.78. The molecular formula is C22H16NZr-. The van der Waals surface area contributed by atoms with Gasteiger partial charge in [0.1, 0.15) is 0 Å². The third-order valence-corrected chi connectivity index (χ3v) is 4.78. The molecule has 0 bridgehead atoms. The van der Waals surface area contributed by atoms with Gasteiger partial charge in [-0.05, 0) is 22.9 Å². The summed E-state index contributed by atoms with van der Waals surface area (Å²) in [7, 11) is 0. The second-order valence-corrected chi connectivity index (χ2v) is 6.07. The predicted octanol–water partition coefficient (Wildman–Crippen LogP) is 5.87. The van der Waals surface area contributed by atoms with Gasteiger partial charge in [0, 0.05) is 44.0 Å². The Labute approximate surface area is 161 Å². The zero-order chi connectivity index (χ0) is 15.2. The molecule has 0 unspecified atom stereocenters. The molecule has 0 aromatic heterocycles. The van der Waals surface area contributed by atoms with Crippen molar-refractivity contribution in [2.24, 2.45) is 0 Å². The average molecular weight is 386 g/mol. The van der Waals surface area contributed by atoms with Crippen LogP contribution in [0.4, 0.5) is 11.4 Å². The van der Waals surface area contributed by atoms with Crippen molar-refractivity contribution in [3.63, 3.8) is 0 Å². The molecule has 4 aromatic carbocycles. The van der Waals surface area contributed by atoms with Crippen LogP contribution < -0.4 is 4.90 Å². The van der Waals surface area contributed by atoms with Crippen molar-refractivity contribution >= 4 is 22.1 Å². The minimum Gasteiger partial charge on any atom is -0.345 e. The summed E-state index contributed by atoms with van der Waals surface area (Å²) in [5.74, 6) is 0. The molecule has 0 radical (unpaired) electrons. The van der Waals surface area contributed by atoms with Crippen molar-refractivity contribution < 1.29 is 26.2 Å². The second kappa shape index (κ2) is 6.11. The van der Waals surface area contributed by atoms with Gasteiger partial charge in [0.25, 0.3) is 0 Å². The van der Waals surface area contributed by atoms with Crippen molar-refractivity contribution in [3.8, 4) is 11.1 Å². The Morgan fingerprint density at radius 2 is 1.46 bits per heavy atom. The van der Waals surface area contributed by atoms with Gasteiger partial charge in [-0.3, -0.25) is 0 Å². The maximum Gasteiger partial charge on any atom is 0.0487 e. The normalized spacial score (nSPS) is 12.4. The molecule has 0 saturated carbocycles. The van der Waals surface area contributed by atoms with E-state index in [2.05, 4.69) is 89.8 Å². The van der Waals surface area contributed by atoms with Crippen LogP contribution in [0.5, 0.6) is 0 Å². The molecule has 1 nitrogen and oxygen atoms in total. The number of nitrogens with zero attached hydrogens (tertiary/aromatic N) is 1. The summed E-state index contributed by atoms with van der Waals surface area (Å²) in [6, 6.07) is 30.5. The maximum absolute atomic E-state index is 2.44. The summed E-state index contributed by atoms with van der Waals surface area (Å²) in [6.07, 6.45) is 0. The molecule has 0 amide bonds. The standard InChI is InChI=1S/C22H16N.Zr/c1-2-10-18-17(7-1)15-23(22-13-4-3-11-20(18)22)21-14-6-9-16-8-5-12-19(16)21;/h1-14H,15H2;/q-1;. The first-order valence-electron chi connectivity index (χ1n) is 8.01. The Bertz CT molecular complexity index is 1020. The van der Waals surface area contributed by atoms with Gasteiger partial charge in [-0.1, -0.05) is 48.5 Å². The largest absolute Gasteiger partial charge is 0.345 e. The Kier molecular flexibility index (Phi) is 3.94. The molecule has 0 atom stereocenters. The van der Waals surface area contributed by atoms with Gasteiger partial charge in [0.05, 0.1) is 0 Å². The van der Waals surface area contributed by atoms with E-state index in [4.69, 9.17) is 0 Å². The van der Waals surface area contributed by atoms with Crippen LogP contribution in [0.1, 0.15) is 5.56 Å². The van der Waals surface area contributed by atoms with E-state index in [0.29, 0.717) is 0 Å². The van der Waals surface area contributed by atoms with Crippen LogP contribution in [0.15, 0.2) is 84.9 Å². The maximum atomic E-state index is 2.44. The van der Waals surface area contributed by atoms with Crippen molar-refractivity contribution in [2.45, 2.75) is 6.54 Å². The molecule has 0 N–H and O–H groups in total. The fourth-order valence-corrected chi connectivity index (χ4v) is 3.71. The van der Waals surface area contributed by atoms with Crippen molar-refractivity contribution in [2.75, 3.05) is 4.90 Å². The van der Waals surface area contributed by atoms with Gasteiger partial charge in [-0.2, -0.15) is 12.1 Å². The minimum atomic E-state index is 0. The van der Waals surface area contributed by atoms with Crippen molar-refractivity contribution in [1.82, 2.24) is 0 Å². The van der Waals surface area contributed by atoms with E-state index >= 15 is 0 Å². The molecule has 5 rings (SSSR count). The van der Waals surface area contributed by atoms with Crippen molar-refractivity contribution in [3.05, 3.63) is 90.5 Å². The Morgan fingerprint density at radius 3 is 2.38 bits per heavy atom. The van der Waals surface area contributed by atoms with E-state index in [0.717, 1.165) is 6.54 Å². The Morgan fingerprint density at radius 1 is 0.708 bits per heavy atom. The summed E-state index contributed by atoms with van der Waals surface area (Å²) >= 11 is 0. The van der Waals surface area contributed by atoms with E-state index in [1.54, 1.807) is 0 Å². The fraction of sp³-hybridized carbons (Fsp3) is 0.0455. The predicted molar refractivity (Wildman–Crippen MR) is 97.3 cm³/mol. The number of benzene rings is 3. The molecule has 0 saturated heterocycles. The van der Waals surface area contributed by atoms with Gasteiger partial charge < -0.3 is 4.90 Å². The Balaban J connectivity index is 0.00000146. The number of hydrogen-bond donors (Lipinski definition) is 0. The summed E-state index contributed by atoms with van der Waals surface area (Å²) in [5, 5.41) is 2.63. The first-order valence-corrected chi connectivity index (χ1v) is 8.01.